The minimum Gasteiger partial charge on any atom is -0.489 e. The van der Waals surface area contributed by atoms with Crippen molar-refractivity contribution in [2.45, 2.75) is 26.2 Å². The number of hydrogen-bond donors (Lipinski definition) is 0. The van der Waals surface area contributed by atoms with Crippen molar-refractivity contribution in [2.75, 3.05) is 19.8 Å². The lowest BCUT2D eigenvalue weighted by atomic mass is 10.0. The quantitative estimate of drug-likeness (QED) is 0.409. The molecule has 0 fully saturated rings. The van der Waals surface area contributed by atoms with E-state index in [1.165, 1.54) is 11.1 Å². The average molecular weight is 405 g/mol. The van der Waals surface area contributed by atoms with Crippen molar-refractivity contribution in [1.82, 2.24) is 0 Å². The van der Waals surface area contributed by atoms with Crippen LogP contribution in [0.1, 0.15) is 41.3 Å². The number of benzene rings is 3. The molecule has 0 amide bonds. The van der Waals surface area contributed by atoms with E-state index in [1.54, 1.807) is 25.1 Å². The lowest BCUT2D eigenvalue weighted by molar-refractivity contribution is 0.0525. The Morgan fingerprint density at radius 1 is 0.867 bits per heavy atom. The maximum Gasteiger partial charge on any atom is 0.338 e. The van der Waals surface area contributed by atoms with E-state index in [0.29, 0.717) is 36.9 Å². The molecule has 0 spiro atoms. The summed E-state index contributed by atoms with van der Waals surface area (Å²) in [5.41, 5.74) is 2.86. The van der Waals surface area contributed by atoms with Crippen molar-refractivity contribution in [2.24, 2.45) is 0 Å². The molecule has 4 heteroatoms. The first-order valence-corrected chi connectivity index (χ1v) is 10.3. The van der Waals surface area contributed by atoms with Crippen LogP contribution in [0.2, 0.25) is 0 Å². The van der Waals surface area contributed by atoms with Crippen LogP contribution in [0.15, 0.2) is 78.9 Å². The van der Waals surface area contributed by atoms with E-state index in [4.69, 9.17) is 14.2 Å². The molecule has 0 aliphatic rings. The highest BCUT2D eigenvalue weighted by atomic mass is 16.5. The van der Waals surface area contributed by atoms with E-state index < -0.39 is 0 Å². The normalized spacial score (nSPS) is 11.5. The Labute approximate surface area is 178 Å². The summed E-state index contributed by atoms with van der Waals surface area (Å²) in [6.07, 6.45) is 0.768. The highest BCUT2D eigenvalue weighted by Crippen LogP contribution is 2.30. The van der Waals surface area contributed by atoms with Crippen LogP contribution in [0.4, 0.5) is 0 Å². The smallest absolute Gasteiger partial charge is 0.338 e. The zero-order chi connectivity index (χ0) is 21.2. The summed E-state index contributed by atoms with van der Waals surface area (Å²) in [7, 11) is 0. The summed E-state index contributed by atoms with van der Waals surface area (Å²) in [5, 5.41) is 0. The third-order valence-electron chi connectivity index (χ3n) is 4.80. The zero-order valence-corrected chi connectivity index (χ0v) is 17.5. The summed E-state index contributed by atoms with van der Waals surface area (Å²) in [5.74, 6) is 1.04. The molecule has 0 heterocycles. The minimum absolute atomic E-state index is 0.230. The van der Waals surface area contributed by atoms with Gasteiger partial charge in [0, 0.05) is 12.3 Å². The molecule has 0 aromatic heterocycles. The van der Waals surface area contributed by atoms with Gasteiger partial charge in [0.05, 0.1) is 25.4 Å². The van der Waals surface area contributed by atoms with Crippen LogP contribution < -0.4 is 9.47 Å². The summed E-state index contributed by atoms with van der Waals surface area (Å²) in [6, 6.07) is 25.6. The molecule has 3 rings (SSSR count). The Balaban J connectivity index is 1.70. The topological polar surface area (TPSA) is 44.8 Å². The van der Waals surface area contributed by atoms with E-state index in [1.807, 2.05) is 36.4 Å². The highest BCUT2D eigenvalue weighted by molar-refractivity contribution is 5.90. The molecule has 4 nitrogen and oxygen atoms in total. The predicted molar refractivity (Wildman–Crippen MR) is 118 cm³/mol. The zero-order valence-electron chi connectivity index (χ0n) is 17.5. The minimum atomic E-state index is -0.366. The molecule has 156 valence electrons. The first-order chi connectivity index (χ1) is 14.7. The molecule has 0 saturated carbocycles. The van der Waals surface area contributed by atoms with Gasteiger partial charge >= 0.3 is 5.97 Å². The number of esters is 1. The molecule has 0 N–H and O–H groups in total. The fourth-order valence-corrected chi connectivity index (χ4v) is 3.10. The van der Waals surface area contributed by atoms with E-state index in [2.05, 4.69) is 31.2 Å². The number of rotatable bonds is 10. The molecule has 0 aliphatic heterocycles. The first-order valence-electron chi connectivity index (χ1n) is 10.3. The molecule has 3 aromatic rings. The van der Waals surface area contributed by atoms with E-state index >= 15 is 0 Å². The lowest BCUT2D eigenvalue weighted by Gasteiger charge is -2.17. The van der Waals surface area contributed by atoms with Gasteiger partial charge in [0.25, 0.3) is 0 Å². The molecular formula is C26H28O4. The van der Waals surface area contributed by atoms with Crippen LogP contribution in [-0.2, 0) is 11.2 Å². The molecule has 0 unspecified atom stereocenters. The molecule has 1 atom stereocenters. The lowest BCUT2D eigenvalue weighted by Crippen LogP contribution is -2.10. The van der Waals surface area contributed by atoms with Crippen LogP contribution in [0.5, 0.6) is 11.5 Å². The molecular weight excluding hydrogens is 376 g/mol. The Bertz CT molecular complexity index is 922. The van der Waals surface area contributed by atoms with Gasteiger partial charge in [-0.05, 0) is 36.2 Å². The van der Waals surface area contributed by atoms with Gasteiger partial charge in [0.15, 0.2) is 11.5 Å². The van der Waals surface area contributed by atoms with Gasteiger partial charge < -0.3 is 14.2 Å². The van der Waals surface area contributed by atoms with Gasteiger partial charge in [-0.3, -0.25) is 0 Å². The maximum atomic E-state index is 12.1. The van der Waals surface area contributed by atoms with Crippen LogP contribution >= 0.6 is 0 Å². The van der Waals surface area contributed by atoms with Crippen molar-refractivity contribution in [3.05, 3.63) is 95.6 Å². The van der Waals surface area contributed by atoms with Crippen molar-refractivity contribution < 1.29 is 19.0 Å². The third-order valence-corrected chi connectivity index (χ3v) is 4.80. The van der Waals surface area contributed by atoms with E-state index in [0.717, 1.165) is 6.42 Å². The van der Waals surface area contributed by atoms with Gasteiger partial charge in [-0.25, -0.2) is 4.79 Å². The summed E-state index contributed by atoms with van der Waals surface area (Å²) in [6.45, 7) is 5.24. The Morgan fingerprint density at radius 3 is 2.27 bits per heavy atom. The second-order valence-electron chi connectivity index (χ2n) is 7.09. The van der Waals surface area contributed by atoms with Crippen molar-refractivity contribution in [3.63, 3.8) is 0 Å². The Morgan fingerprint density at radius 2 is 1.57 bits per heavy atom. The monoisotopic (exact) mass is 404 g/mol. The molecule has 30 heavy (non-hydrogen) atoms. The largest absolute Gasteiger partial charge is 0.489 e. The molecule has 0 radical (unpaired) electrons. The summed E-state index contributed by atoms with van der Waals surface area (Å²) in [4.78, 5) is 12.1. The highest BCUT2D eigenvalue weighted by Gasteiger charge is 2.14. The number of ether oxygens (including phenoxy) is 3. The van der Waals surface area contributed by atoms with Gasteiger partial charge in [-0.15, -0.1) is 0 Å². The second-order valence-corrected chi connectivity index (χ2v) is 7.09. The van der Waals surface area contributed by atoms with Gasteiger partial charge in [0.1, 0.15) is 0 Å². The number of hydrogen-bond acceptors (Lipinski definition) is 4. The fraction of sp³-hybridized carbons (Fsp3) is 0.269. The number of carbonyl (C=O) groups excluding carboxylic acids is 1. The standard InChI is InChI=1S/C26H28O4/c1-3-28-26(27)23-14-15-24(30-19-20(2)22-12-8-5-9-13-22)25(18-23)29-17-16-21-10-6-4-7-11-21/h4-15,18,20H,3,16-17,19H2,1-2H3/t20-/m1/s1. The molecule has 0 bridgehead atoms. The van der Waals surface area contributed by atoms with E-state index in [-0.39, 0.29) is 11.9 Å². The van der Waals surface area contributed by atoms with Crippen LogP contribution in [0.3, 0.4) is 0 Å². The third kappa shape index (κ3) is 6.11. The Hall–Kier alpha value is -3.27. The summed E-state index contributed by atoms with van der Waals surface area (Å²) >= 11 is 0. The number of carbonyl (C=O) groups is 1. The van der Waals surface area contributed by atoms with Crippen LogP contribution in [-0.4, -0.2) is 25.8 Å². The van der Waals surface area contributed by atoms with Gasteiger partial charge in [-0.1, -0.05) is 67.6 Å². The Kier molecular flexibility index (Phi) is 7.90. The second kappa shape index (κ2) is 11.1. The van der Waals surface area contributed by atoms with E-state index in [9.17, 15) is 4.79 Å². The molecule has 0 aliphatic carbocycles. The van der Waals surface area contributed by atoms with Crippen molar-refractivity contribution in [1.29, 1.82) is 0 Å². The first kappa shape index (κ1) is 21.4. The summed E-state index contributed by atoms with van der Waals surface area (Å²) < 4.78 is 17.2. The fourth-order valence-electron chi connectivity index (χ4n) is 3.10. The predicted octanol–water partition coefficient (Wildman–Crippen LogP) is 5.67. The SMILES string of the molecule is CCOC(=O)c1ccc(OC[C@@H](C)c2ccccc2)c(OCCc2ccccc2)c1. The van der Waals surface area contributed by atoms with Gasteiger partial charge in [-0.2, -0.15) is 0 Å². The van der Waals surface area contributed by atoms with Crippen LogP contribution in [0, 0.1) is 0 Å². The molecule has 3 aromatic carbocycles. The van der Waals surface area contributed by atoms with Crippen molar-refractivity contribution in [3.8, 4) is 11.5 Å². The van der Waals surface area contributed by atoms with Crippen molar-refractivity contribution >= 4 is 5.97 Å². The average Bonchev–Trinajstić information content (AvgIpc) is 2.79. The van der Waals surface area contributed by atoms with Gasteiger partial charge in [0.2, 0.25) is 0 Å². The van der Waals surface area contributed by atoms with Crippen LogP contribution in [0.25, 0.3) is 0 Å². The maximum absolute atomic E-state index is 12.1. The molecule has 0 saturated heterocycles.